The summed E-state index contributed by atoms with van der Waals surface area (Å²) in [4.78, 5) is 14.4. The number of nitrogens with one attached hydrogen (secondary N) is 1. The third-order valence-corrected chi connectivity index (χ3v) is 4.95. The molecule has 1 saturated carbocycles. The lowest BCUT2D eigenvalue weighted by Crippen LogP contribution is -2.31. The Morgan fingerprint density at radius 1 is 1.11 bits per heavy atom. The lowest BCUT2D eigenvalue weighted by atomic mass is 9.82. The first kappa shape index (κ1) is 14.1. The molecular weight excluding hydrogens is 248 g/mol. The van der Waals surface area contributed by atoms with Crippen molar-refractivity contribution in [3.63, 3.8) is 0 Å². The second kappa shape index (κ2) is 6.25. The molecule has 0 spiro atoms. The minimum Gasteiger partial charge on any atom is -0.342 e. The highest BCUT2D eigenvalue weighted by Gasteiger charge is 2.36. The first-order chi connectivity index (χ1) is 8.33. The number of halogens is 1. The maximum absolute atomic E-state index is 12.2. The molecule has 0 bridgehead atoms. The molecule has 1 N–H and O–H groups in total. The maximum Gasteiger partial charge on any atom is 0.222 e. The zero-order chi connectivity index (χ0) is 11.7. The van der Waals surface area contributed by atoms with Gasteiger partial charge in [0, 0.05) is 19.5 Å². The fourth-order valence-electron chi connectivity index (χ4n) is 3.87. The molecule has 4 heteroatoms. The number of hydrogen-bond acceptors (Lipinski definition) is 2. The topological polar surface area (TPSA) is 32.3 Å². The lowest BCUT2D eigenvalue weighted by molar-refractivity contribution is -0.131. The van der Waals surface area contributed by atoms with E-state index in [9.17, 15) is 4.79 Å². The average molecular weight is 273 g/mol. The first-order valence-electron chi connectivity index (χ1n) is 7.31. The Morgan fingerprint density at radius 3 is 2.33 bits per heavy atom. The summed E-state index contributed by atoms with van der Waals surface area (Å²) in [5.41, 5.74) is 0. The number of carbonyl (C=O) groups excluding carboxylic acids is 1. The van der Waals surface area contributed by atoms with Crippen LogP contribution in [-0.2, 0) is 4.79 Å². The lowest BCUT2D eigenvalue weighted by Gasteiger charge is -2.22. The van der Waals surface area contributed by atoms with Crippen molar-refractivity contribution in [3.8, 4) is 0 Å². The molecule has 0 aromatic carbocycles. The minimum absolute atomic E-state index is 0. The van der Waals surface area contributed by atoms with E-state index in [0.29, 0.717) is 11.8 Å². The van der Waals surface area contributed by atoms with Crippen LogP contribution in [0.15, 0.2) is 0 Å². The SMILES string of the molecule is Cl.O=C(CC1CCNC1)N1CC2CCCCC2C1. The third kappa shape index (κ3) is 3.00. The van der Waals surface area contributed by atoms with Gasteiger partial charge in [0.1, 0.15) is 0 Å². The van der Waals surface area contributed by atoms with E-state index in [-0.39, 0.29) is 12.4 Å². The molecule has 0 aromatic rings. The van der Waals surface area contributed by atoms with Gasteiger partial charge in [-0.1, -0.05) is 12.8 Å². The van der Waals surface area contributed by atoms with Crippen molar-refractivity contribution in [2.24, 2.45) is 17.8 Å². The van der Waals surface area contributed by atoms with Gasteiger partial charge < -0.3 is 10.2 Å². The molecule has 3 atom stereocenters. The predicted molar refractivity (Wildman–Crippen MR) is 74.9 cm³/mol. The van der Waals surface area contributed by atoms with Gasteiger partial charge in [-0.2, -0.15) is 0 Å². The van der Waals surface area contributed by atoms with E-state index >= 15 is 0 Å². The van der Waals surface area contributed by atoms with E-state index in [1.165, 1.54) is 32.1 Å². The largest absolute Gasteiger partial charge is 0.342 e. The molecule has 2 aliphatic heterocycles. The molecule has 2 saturated heterocycles. The van der Waals surface area contributed by atoms with Gasteiger partial charge in [-0.05, 0) is 50.1 Å². The number of fused-ring (bicyclic) bond motifs is 1. The molecule has 3 unspecified atom stereocenters. The van der Waals surface area contributed by atoms with Gasteiger partial charge in [0.2, 0.25) is 5.91 Å². The molecular formula is C14H25ClN2O. The second-order valence-electron chi connectivity index (χ2n) is 6.17. The van der Waals surface area contributed by atoms with E-state index < -0.39 is 0 Å². The molecule has 3 fully saturated rings. The number of amides is 1. The van der Waals surface area contributed by atoms with Crippen molar-refractivity contribution < 1.29 is 4.79 Å². The highest BCUT2D eigenvalue weighted by molar-refractivity contribution is 5.85. The van der Waals surface area contributed by atoms with Gasteiger partial charge >= 0.3 is 0 Å². The summed E-state index contributed by atoms with van der Waals surface area (Å²) in [6.07, 6.45) is 7.46. The monoisotopic (exact) mass is 272 g/mol. The van der Waals surface area contributed by atoms with Gasteiger partial charge in [0.15, 0.2) is 0 Å². The van der Waals surface area contributed by atoms with Crippen molar-refractivity contribution in [2.45, 2.75) is 38.5 Å². The zero-order valence-corrected chi connectivity index (χ0v) is 11.9. The van der Waals surface area contributed by atoms with Crippen LogP contribution in [0.25, 0.3) is 0 Å². The summed E-state index contributed by atoms with van der Waals surface area (Å²) in [5, 5.41) is 3.35. The van der Waals surface area contributed by atoms with E-state index in [2.05, 4.69) is 10.2 Å². The molecule has 18 heavy (non-hydrogen) atoms. The summed E-state index contributed by atoms with van der Waals surface area (Å²) < 4.78 is 0. The molecule has 1 amide bonds. The highest BCUT2D eigenvalue weighted by atomic mass is 35.5. The van der Waals surface area contributed by atoms with Crippen LogP contribution < -0.4 is 5.32 Å². The number of hydrogen-bond donors (Lipinski definition) is 1. The Morgan fingerprint density at radius 2 is 1.78 bits per heavy atom. The molecule has 0 aromatic heterocycles. The second-order valence-corrected chi connectivity index (χ2v) is 6.17. The fraction of sp³-hybridized carbons (Fsp3) is 0.929. The summed E-state index contributed by atoms with van der Waals surface area (Å²) in [6, 6.07) is 0. The highest BCUT2D eigenvalue weighted by Crippen LogP contribution is 2.36. The quantitative estimate of drug-likeness (QED) is 0.835. The summed E-state index contributed by atoms with van der Waals surface area (Å²) in [7, 11) is 0. The van der Waals surface area contributed by atoms with Crippen LogP contribution in [0, 0.1) is 17.8 Å². The van der Waals surface area contributed by atoms with Crippen molar-refractivity contribution in [1.82, 2.24) is 10.2 Å². The molecule has 0 radical (unpaired) electrons. The standard InChI is InChI=1S/C14H24N2O.ClH/c17-14(7-11-5-6-15-8-11)16-9-12-3-1-2-4-13(12)10-16;/h11-13,15H,1-10H2;1H. The number of likely N-dealkylation sites (tertiary alicyclic amines) is 1. The van der Waals surface area contributed by atoms with Crippen LogP contribution in [0.3, 0.4) is 0 Å². The molecule has 3 nitrogen and oxygen atoms in total. The van der Waals surface area contributed by atoms with E-state index in [1.54, 1.807) is 0 Å². The molecule has 2 heterocycles. The van der Waals surface area contributed by atoms with Crippen molar-refractivity contribution in [2.75, 3.05) is 26.2 Å². The van der Waals surface area contributed by atoms with Gasteiger partial charge in [-0.25, -0.2) is 0 Å². The summed E-state index contributed by atoms with van der Waals surface area (Å²) in [5.74, 6) is 2.68. The normalized spacial score (nSPS) is 35.1. The molecule has 1 aliphatic carbocycles. The third-order valence-electron chi connectivity index (χ3n) is 4.95. The van der Waals surface area contributed by atoms with Crippen LogP contribution >= 0.6 is 12.4 Å². The van der Waals surface area contributed by atoms with Gasteiger partial charge in [0.25, 0.3) is 0 Å². The Kier molecular flexibility index (Phi) is 4.91. The Labute approximate surface area is 116 Å². The smallest absolute Gasteiger partial charge is 0.222 e. The van der Waals surface area contributed by atoms with Crippen LogP contribution in [0.1, 0.15) is 38.5 Å². The molecule has 3 aliphatic rings. The van der Waals surface area contributed by atoms with Crippen molar-refractivity contribution in [3.05, 3.63) is 0 Å². The van der Waals surface area contributed by atoms with Gasteiger partial charge in [-0.3, -0.25) is 4.79 Å². The van der Waals surface area contributed by atoms with Crippen molar-refractivity contribution in [1.29, 1.82) is 0 Å². The maximum atomic E-state index is 12.2. The van der Waals surface area contributed by atoms with Gasteiger partial charge in [-0.15, -0.1) is 12.4 Å². The van der Waals surface area contributed by atoms with Crippen molar-refractivity contribution >= 4 is 18.3 Å². The number of nitrogens with zero attached hydrogens (tertiary/aromatic N) is 1. The summed E-state index contributed by atoms with van der Waals surface area (Å²) in [6.45, 7) is 4.27. The Bertz CT molecular complexity index is 278. The van der Waals surface area contributed by atoms with Crippen LogP contribution in [0.2, 0.25) is 0 Å². The Balaban J connectivity index is 0.00000120. The molecule has 104 valence electrons. The minimum atomic E-state index is 0. The fourth-order valence-corrected chi connectivity index (χ4v) is 3.87. The van der Waals surface area contributed by atoms with E-state index in [1.807, 2.05) is 0 Å². The van der Waals surface area contributed by atoms with E-state index in [0.717, 1.165) is 44.4 Å². The summed E-state index contributed by atoms with van der Waals surface area (Å²) >= 11 is 0. The van der Waals surface area contributed by atoms with Crippen LogP contribution in [0.5, 0.6) is 0 Å². The molecule has 3 rings (SSSR count). The van der Waals surface area contributed by atoms with Crippen LogP contribution in [-0.4, -0.2) is 37.0 Å². The first-order valence-corrected chi connectivity index (χ1v) is 7.31. The predicted octanol–water partition coefficient (Wildman–Crippen LogP) is 2.06. The Hall–Kier alpha value is -0.280. The number of rotatable bonds is 2. The average Bonchev–Trinajstić information content (AvgIpc) is 2.96. The van der Waals surface area contributed by atoms with Gasteiger partial charge in [0.05, 0.1) is 0 Å². The van der Waals surface area contributed by atoms with Crippen LogP contribution in [0.4, 0.5) is 0 Å². The zero-order valence-electron chi connectivity index (χ0n) is 11.1. The van der Waals surface area contributed by atoms with E-state index in [4.69, 9.17) is 0 Å². The number of carbonyl (C=O) groups is 1.